The van der Waals surface area contributed by atoms with E-state index in [2.05, 4.69) is 50.3 Å². The predicted molar refractivity (Wildman–Crippen MR) is 220 cm³/mol. The fraction of sp³-hybridized carbons (Fsp3) is 0.651. The Morgan fingerprint density at radius 1 is 0.698 bits per heavy atom. The van der Waals surface area contributed by atoms with Gasteiger partial charge in [-0.1, -0.05) is 157 Å². The van der Waals surface area contributed by atoms with Crippen molar-refractivity contribution < 1.29 is 37.9 Å². The van der Waals surface area contributed by atoms with Crippen molar-refractivity contribution in [2.24, 2.45) is 5.73 Å². The molecule has 0 aliphatic rings. The Labute approximate surface area is 322 Å². The number of unbranched alkanes of at least 4 members (excludes halogenated alkanes) is 12. The first kappa shape index (κ1) is 50.5. The van der Waals surface area contributed by atoms with Gasteiger partial charge in [0.1, 0.15) is 6.61 Å². The summed E-state index contributed by atoms with van der Waals surface area (Å²) in [6, 6.07) is 0. The van der Waals surface area contributed by atoms with Gasteiger partial charge in [0.05, 0.1) is 25.6 Å². The molecule has 0 saturated heterocycles. The Morgan fingerprint density at radius 3 is 1.92 bits per heavy atom. The van der Waals surface area contributed by atoms with E-state index in [1.54, 1.807) is 6.08 Å². The van der Waals surface area contributed by atoms with Crippen LogP contribution < -0.4 is 5.73 Å². The molecule has 10 heteroatoms. The summed E-state index contributed by atoms with van der Waals surface area (Å²) in [4.78, 5) is 22.2. The second kappa shape index (κ2) is 39.2. The van der Waals surface area contributed by atoms with Crippen LogP contribution >= 0.6 is 7.82 Å². The zero-order valence-electron chi connectivity index (χ0n) is 33.1. The fourth-order valence-electron chi connectivity index (χ4n) is 4.97. The summed E-state index contributed by atoms with van der Waals surface area (Å²) in [6.07, 6.45) is 47.3. The lowest BCUT2D eigenvalue weighted by Crippen LogP contribution is -2.25. The Balaban J connectivity index is 4.36. The fourth-order valence-corrected chi connectivity index (χ4v) is 5.74. The summed E-state index contributed by atoms with van der Waals surface area (Å²) < 4.78 is 33.0. The van der Waals surface area contributed by atoms with Crippen molar-refractivity contribution in [3.8, 4) is 0 Å². The van der Waals surface area contributed by atoms with Crippen molar-refractivity contribution in [2.45, 2.75) is 154 Å². The van der Waals surface area contributed by atoms with Crippen molar-refractivity contribution in [2.75, 3.05) is 26.4 Å². The summed E-state index contributed by atoms with van der Waals surface area (Å²) in [6.45, 7) is 3.87. The molecule has 0 rings (SSSR count). The molecule has 4 N–H and O–H groups in total. The molecule has 0 aromatic heterocycles. The summed E-state index contributed by atoms with van der Waals surface area (Å²) in [5, 5.41) is 10.2. The van der Waals surface area contributed by atoms with Crippen LogP contribution in [-0.2, 0) is 27.9 Å². The number of carbonyl (C=O) groups excluding carboxylic acids is 1. The van der Waals surface area contributed by atoms with E-state index in [9.17, 15) is 19.4 Å². The minimum atomic E-state index is -4.31. The molecule has 9 nitrogen and oxygen atoms in total. The number of nitrogens with two attached hydrogens (primary N) is 1. The van der Waals surface area contributed by atoms with Gasteiger partial charge in [-0.3, -0.25) is 13.8 Å². The zero-order valence-corrected chi connectivity index (χ0v) is 34.0. The minimum Gasteiger partial charge on any atom is -0.492 e. The van der Waals surface area contributed by atoms with E-state index in [4.69, 9.17) is 24.3 Å². The number of hydrogen-bond donors (Lipinski definition) is 3. The van der Waals surface area contributed by atoms with Gasteiger partial charge in [-0.2, -0.15) is 0 Å². The topological polar surface area (TPSA) is 138 Å². The van der Waals surface area contributed by atoms with Crippen LogP contribution in [0.4, 0.5) is 0 Å². The minimum absolute atomic E-state index is 0.0729. The second-order valence-corrected chi connectivity index (χ2v) is 14.5. The van der Waals surface area contributed by atoms with Gasteiger partial charge in [-0.25, -0.2) is 4.57 Å². The molecule has 0 aromatic rings. The van der Waals surface area contributed by atoms with Gasteiger partial charge in [0.2, 0.25) is 0 Å². The third-order valence-electron chi connectivity index (χ3n) is 8.01. The van der Waals surface area contributed by atoms with Crippen molar-refractivity contribution in [3.63, 3.8) is 0 Å². The number of rotatable bonds is 37. The van der Waals surface area contributed by atoms with E-state index >= 15 is 0 Å². The molecule has 304 valence electrons. The third kappa shape index (κ3) is 39.0. The largest absolute Gasteiger partial charge is 0.492 e. The highest BCUT2D eigenvalue weighted by atomic mass is 31.2. The maximum Gasteiger partial charge on any atom is 0.472 e. The number of carbonyl (C=O) groups is 1. The van der Waals surface area contributed by atoms with E-state index in [1.165, 1.54) is 70.5 Å². The van der Waals surface area contributed by atoms with Crippen LogP contribution in [0.2, 0.25) is 0 Å². The van der Waals surface area contributed by atoms with Crippen LogP contribution in [0.3, 0.4) is 0 Å². The SMILES string of the molecule is CC/C=C\C/C=C\C/C=C\C/C=C\C=C/C(O)C/C=C\CCC(=O)OC[C@H](COP(=O)(O)OCCN)O/C=C/CCCCCCCCCCCCCC. The average molecular weight is 764 g/mol. The van der Waals surface area contributed by atoms with Gasteiger partial charge in [0, 0.05) is 13.0 Å². The summed E-state index contributed by atoms with van der Waals surface area (Å²) in [5.74, 6) is -0.435. The number of hydrogen-bond acceptors (Lipinski definition) is 8. The van der Waals surface area contributed by atoms with Crippen LogP contribution in [0.25, 0.3) is 0 Å². The van der Waals surface area contributed by atoms with Crippen LogP contribution in [0.1, 0.15) is 142 Å². The Morgan fingerprint density at radius 2 is 1.30 bits per heavy atom. The molecule has 0 aromatic carbocycles. The van der Waals surface area contributed by atoms with Crippen LogP contribution in [0.5, 0.6) is 0 Å². The molecule has 2 unspecified atom stereocenters. The molecular formula is C43H74NO8P. The first-order valence-corrected chi connectivity index (χ1v) is 21.7. The molecule has 3 atom stereocenters. The highest BCUT2D eigenvalue weighted by Crippen LogP contribution is 2.43. The van der Waals surface area contributed by atoms with Crippen molar-refractivity contribution in [3.05, 3.63) is 85.3 Å². The quantitative estimate of drug-likeness (QED) is 0.0141. The van der Waals surface area contributed by atoms with E-state index in [0.717, 1.165) is 44.9 Å². The Hall–Kier alpha value is -2.52. The van der Waals surface area contributed by atoms with E-state index in [0.29, 0.717) is 12.8 Å². The van der Waals surface area contributed by atoms with Gasteiger partial charge in [-0.15, -0.1) is 0 Å². The monoisotopic (exact) mass is 764 g/mol. The molecule has 0 saturated carbocycles. The number of esters is 1. The van der Waals surface area contributed by atoms with Crippen LogP contribution in [-0.4, -0.2) is 54.5 Å². The number of phosphoric ester groups is 1. The van der Waals surface area contributed by atoms with Gasteiger partial charge < -0.3 is 25.2 Å². The van der Waals surface area contributed by atoms with E-state index < -0.39 is 26.0 Å². The molecule has 0 radical (unpaired) electrons. The lowest BCUT2D eigenvalue weighted by atomic mass is 10.0. The number of allylic oxidation sites excluding steroid dienone is 11. The molecule has 0 aliphatic carbocycles. The van der Waals surface area contributed by atoms with Crippen LogP contribution in [0.15, 0.2) is 85.3 Å². The lowest BCUT2D eigenvalue weighted by molar-refractivity contribution is -0.147. The number of aliphatic hydroxyl groups excluding tert-OH is 1. The average Bonchev–Trinajstić information content (AvgIpc) is 3.14. The highest BCUT2D eigenvalue weighted by Gasteiger charge is 2.24. The maximum absolute atomic E-state index is 12.4. The molecule has 0 spiro atoms. The summed E-state index contributed by atoms with van der Waals surface area (Å²) in [7, 11) is -4.31. The van der Waals surface area contributed by atoms with Gasteiger partial charge in [0.15, 0.2) is 6.10 Å². The molecular weight excluding hydrogens is 689 g/mol. The highest BCUT2D eigenvalue weighted by molar-refractivity contribution is 7.47. The second-order valence-electron chi connectivity index (χ2n) is 13.0. The Bertz CT molecular complexity index is 1100. The summed E-state index contributed by atoms with van der Waals surface area (Å²) in [5.41, 5.74) is 5.34. The lowest BCUT2D eigenvalue weighted by Gasteiger charge is -2.19. The number of aliphatic hydroxyl groups is 1. The standard InChI is InChI=1S/C43H74NO8P/c1-3-5-7-9-11-13-15-17-19-21-23-25-27-32-37-49-42(40-52-53(47,48)51-38-36-44)39-50-43(46)35-31-28-30-34-41(45)33-29-26-24-22-20-18-16-14-12-10-8-6-4-2/h6,8,12,14,18,20,24,26,28-30,32-33,37,41-42,45H,3-5,7,9-11,13,15-17,19,21-23,25,27,31,34-36,38-40,44H2,1-2H3,(H,47,48)/b8-6-,14-12-,20-18-,26-24-,30-28-,33-29-,37-32+/t41?,42-/m1/s1. The van der Waals surface area contributed by atoms with E-state index in [1.807, 2.05) is 36.5 Å². The predicted octanol–water partition coefficient (Wildman–Crippen LogP) is 11.1. The van der Waals surface area contributed by atoms with E-state index in [-0.39, 0.29) is 32.8 Å². The van der Waals surface area contributed by atoms with Gasteiger partial charge >= 0.3 is 13.8 Å². The molecule has 53 heavy (non-hydrogen) atoms. The third-order valence-corrected chi connectivity index (χ3v) is 8.99. The molecule has 0 amide bonds. The smallest absolute Gasteiger partial charge is 0.472 e. The molecule has 0 fully saturated rings. The molecule has 0 heterocycles. The molecule has 0 bridgehead atoms. The first-order valence-electron chi connectivity index (χ1n) is 20.2. The van der Waals surface area contributed by atoms with Crippen molar-refractivity contribution in [1.82, 2.24) is 0 Å². The van der Waals surface area contributed by atoms with Crippen molar-refractivity contribution in [1.29, 1.82) is 0 Å². The summed E-state index contributed by atoms with van der Waals surface area (Å²) >= 11 is 0. The molecule has 0 aliphatic heterocycles. The van der Waals surface area contributed by atoms with Crippen LogP contribution in [0, 0.1) is 0 Å². The normalized spacial score (nSPS) is 15.0. The zero-order chi connectivity index (χ0) is 38.9. The maximum atomic E-state index is 12.4. The number of phosphoric acid groups is 1. The van der Waals surface area contributed by atoms with Gasteiger partial charge in [0.25, 0.3) is 0 Å². The van der Waals surface area contributed by atoms with Crippen molar-refractivity contribution >= 4 is 13.8 Å². The first-order chi connectivity index (χ1) is 25.8. The Kier molecular flexibility index (Phi) is 37.3. The van der Waals surface area contributed by atoms with Gasteiger partial charge in [-0.05, 0) is 57.4 Å². The number of ether oxygens (including phenoxy) is 2.